The van der Waals surface area contributed by atoms with Crippen LogP contribution in [0.4, 0.5) is 0 Å². The van der Waals surface area contributed by atoms with Crippen molar-refractivity contribution in [1.29, 1.82) is 0 Å². The normalized spacial score (nSPS) is 14.8. The quantitative estimate of drug-likeness (QED) is 0.723. The van der Waals surface area contributed by atoms with Gasteiger partial charge in [0.2, 0.25) is 7.37 Å². The first-order valence-corrected chi connectivity index (χ1v) is 7.93. The van der Waals surface area contributed by atoms with Crippen LogP contribution in [0.15, 0.2) is 18.2 Å². The summed E-state index contributed by atoms with van der Waals surface area (Å²) in [6.07, 6.45) is 0.790. The second-order valence-electron chi connectivity index (χ2n) is 3.41. The molecule has 0 heterocycles. The van der Waals surface area contributed by atoms with Gasteiger partial charge in [-0.15, -0.1) is 0 Å². The van der Waals surface area contributed by atoms with Crippen molar-refractivity contribution < 1.29 is 9.09 Å². The van der Waals surface area contributed by atoms with Gasteiger partial charge in [0.1, 0.15) is 0 Å². The fourth-order valence-corrected chi connectivity index (χ4v) is 3.92. The standard InChI is InChI=1S/C11H15Cl2O2P/c1-3-15-16(14,4-2)8-9-10(12)6-5-7-11(9)13/h5-7H,3-4,8H2,1-2H3. The zero-order valence-electron chi connectivity index (χ0n) is 9.37. The molecule has 90 valence electrons. The van der Waals surface area contributed by atoms with E-state index in [9.17, 15) is 4.57 Å². The van der Waals surface area contributed by atoms with Gasteiger partial charge in [-0.05, 0) is 24.6 Å². The lowest BCUT2D eigenvalue weighted by Crippen LogP contribution is -1.98. The maximum atomic E-state index is 12.3. The Balaban J connectivity index is 2.99. The molecule has 0 amide bonds. The Bertz CT molecular complexity index is 387. The molecule has 0 N–H and O–H groups in total. The largest absolute Gasteiger partial charge is 0.329 e. The summed E-state index contributed by atoms with van der Waals surface area (Å²) >= 11 is 12.1. The molecule has 0 aliphatic heterocycles. The molecule has 0 aromatic heterocycles. The fraction of sp³-hybridized carbons (Fsp3) is 0.455. The third kappa shape index (κ3) is 3.49. The van der Waals surface area contributed by atoms with E-state index in [0.717, 1.165) is 0 Å². The van der Waals surface area contributed by atoms with Gasteiger partial charge in [0.25, 0.3) is 0 Å². The SMILES string of the molecule is CCOP(=O)(CC)Cc1c(Cl)cccc1Cl. The van der Waals surface area contributed by atoms with E-state index in [1.165, 1.54) is 0 Å². The molecule has 0 saturated heterocycles. The van der Waals surface area contributed by atoms with Gasteiger partial charge in [-0.1, -0.05) is 36.2 Å². The minimum atomic E-state index is -2.64. The van der Waals surface area contributed by atoms with Gasteiger partial charge in [-0.25, -0.2) is 0 Å². The van der Waals surface area contributed by atoms with E-state index in [4.69, 9.17) is 27.7 Å². The highest BCUT2D eigenvalue weighted by atomic mass is 35.5. The van der Waals surface area contributed by atoms with Gasteiger partial charge in [0.05, 0.1) is 12.8 Å². The first-order chi connectivity index (χ1) is 7.52. The average molecular weight is 281 g/mol. The molecule has 1 rings (SSSR count). The monoisotopic (exact) mass is 280 g/mol. The van der Waals surface area contributed by atoms with Crippen LogP contribution < -0.4 is 0 Å². The minimum Gasteiger partial charge on any atom is -0.329 e. The van der Waals surface area contributed by atoms with Crippen LogP contribution in [-0.4, -0.2) is 12.8 Å². The highest BCUT2D eigenvalue weighted by Gasteiger charge is 2.23. The zero-order chi connectivity index (χ0) is 12.2. The van der Waals surface area contributed by atoms with E-state index in [-0.39, 0.29) is 0 Å². The Morgan fingerprint density at radius 1 is 1.25 bits per heavy atom. The second-order valence-corrected chi connectivity index (χ2v) is 7.06. The molecule has 0 radical (unpaired) electrons. The van der Waals surface area contributed by atoms with E-state index in [1.807, 2.05) is 13.8 Å². The van der Waals surface area contributed by atoms with Crippen molar-refractivity contribution in [2.24, 2.45) is 0 Å². The number of rotatable bonds is 5. The zero-order valence-corrected chi connectivity index (χ0v) is 11.8. The Morgan fingerprint density at radius 3 is 2.25 bits per heavy atom. The van der Waals surface area contributed by atoms with Crippen molar-refractivity contribution >= 4 is 30.6 Å². The molecular weight excluding hydrogens is 266 g/mol. The van der Waals surface area contributed by atoms with E-state index in [0.29, 0.717) is 34.5 Å². The Kier molecular flexibility index (Phi) is 5.33. The fourth-order valence-electron chi connectivity index (χ4n) is 1.41. The molecule has 0 saturated carbocycles. The van der Waals surface area contributed by atoms with Crippen LogP contribution in [0.25, 0.3) is 0 Å². The maximum Gasteiger partial charge on any atom is 0.207 e. The Morgan fingerprint density at radius 2 is 1.81 bits per heavy atom. The van der Waals surface area contributed by atoms with Crippen molar-refractivity contribution in [2.75, 3.05) is 12.8 Å². The van der Waals surface area contributed by atoms with E-state index < -0.39 is 7.37 Å². The minimum absolute atomic E-state index is 0.301. The molecule has 0 aliphatic rings. The predicted molar refractivity (Wildman–Crippen MR) is 69.9 cm³/mol. The summed E-state index contributed by atoms with van der Waals surface area (Å²) in [5.41, 5.74) is 0.712. The van der Waals surface area contributed by atoms with Crippen LogP contribution in [0.2, 0.25) is 10.0 Å². The number of hydrogen-bond donors (Lipinski definition) is 0. The third-order valence-electron chi connectivity index (χ3n) is 2.31. The summed E-state index contributed by atoms with van der Waals surface area (Å²) in [5, 5.41) is 1.08. The van der Waals surface area contributed by atoms with Crippen molar-refractivity contribution in [3.63, 3.8) is 0 Å². The van der Waals surface area contributed by atoms with Gasteiger partial charge < -0.3 is 4.52 Å². The smallest absolute Gasteiger partial charge is 0.207 e. The Hall–Kier alpha value is -0.0100. The number of halogens is 2. The van der Waals surface area contributed by atoms with Crippen LogP contribution >= 0.6 is 30.6 Å². The van der Waals surface area contributed by atoms with E-state index in [1.54, 1.807) is 18.2 Å². The van der Waals surface area contributed by atoms with E-state index in [2.05, 4.69) is 0 Å². The molecule has 16 heavy (non-hydrogen) atoms. The molecule has 1 aromatic rings. The topological polar surface area (TPSA) is 26.3 Å². The molecule has 1 unspecified atom stereocenters. The molecule has 0 bridgehead atoms. The van der Waals surface area contributed by atoms with E-state index >= 15 is 0 Å². The van der Waals surface area contributed by atoms with Gasteiger partial charge in [0.15, 0.2) is 0 Å². The van der Waals surface area contributed by atoms with Crippen LogP contribution in [-0.2, 0) is 15.3 Å². The third-order valence-corrected chi connectivity index (χ3v) is 5.51. The molecule has 5 heteroatoms. The number of benzene rings is 1. The molecule has 2 nitrogen and oxygen atoms in total. The van der Waals surface area contributed by atoms with Gasteiger partial charge in [-0.2, -0.15) is 0 Å². The van der Waals surface area contributed by atoms with Gasteiger partial charge >= 0.3 is 0 Å². The highest BCUT2D eigenvalue weighted by molar-refractivity contribution is 7.58. The van der Waals surface area contributed by atoms with Crippen molar-refractivity contribution in [2.45, 2.75) is 20.0 Å². The molecule has 0 fully saturated rings. The summed E-state index contributed by atoms with van der Waals surface area (Å²) in [6.45, 7) is 4.12. The second kappa shape index (κ2) is 6.07. The van der Waals surface area contributed by atoms with Crippen LogP contribution in [0.1, 0.15) is 19.4 Å². The maximum absolute atomic E-state index is 12.3. The lowest BCUT2D eigenvalue weighted by molar-refractivity contribution is 0.333. The van der Waals surface area contributed by atoms with Crippen molar-refractivity contribution in [3.8, 4) is 0 Å². The number of hydrogen-bond acceptors (Lipinski definition) is 2. The lowest BCUT2D eigenvalue weighted by Gasteiger charge is -2.17. The van der Waals surface area contributed by atoms with Crippen LogP contribution in [0.3, 0.4) is 0 Å². The molecule has 0 spiro atoms. The summed E-state index contributed by atoms with van der Waals surface area (Å²) in [6, 6.07) is 5.26. The first-order valence-electron chi connectivity index (χ1n) is 5.18. The summed E-state index contributed by atoms with van der Waals surface area (Å²) < 4.78 is 17.6. The molecular formula is C11H15Cl2O2P. The van der Waals surface area contributed by atoms with Crippen molar-refractivity contribution in [1.82, 2.24) is 0 Å². The van der Waals surface area contributed by atoms with Gasteiger partial charge in [0, 0.05) is 16.2 Å². The van der Waals surface area contributed by atoms with Gasteiger partial charge in [-0.3, -0.25) is 4.57 Å². The molecule has 1 aromatic carbocycles. The van der Waals surface area contributed by atoms with Crippen molar-refractivity contribution in [3.05, 3.63) is 33.8 Å². The average Bonchev–Trinajstić information content (AvgIpc) is 2.24. The van der Waals surface area contributed by atoms with Crippen LogP contribution in [0.5, 0.6) is 0 Å². The first kappa shape index (κ1) is 14.1. The summed E-state index contributed by atoms with van der Waals surface area (Å²) in [7, 11) is -2.64. The Labute approximate surface area is 106 Å². The molecule has 0 aliphatic carbocycles. The summed E-state index contributed by atoms with van der Waals surface area (Å²) in [4.78, 5) is 0. The van der Waals surface area contributed by atoms with Crippen LogP contribution in [0, 0.1) is 0 Å². The molecule has 1 atom stereocenters. The lowest BCUT2D eigenvalue weighted by atomic mass is 10.2. The predicted octanol–water partition coefficient (Wildman–Crippen LogP) is 4.83. The summed E-state index contributed by atoms with van der Waals surface area (Å²) in [5.74, 6) is 0. The highest BCUT2D eigenvalue weighted by Crippen LogP contribution is 2.51.